The molecule has 0 aromatic carbocycles. The van der Waals surface area contributed by atoms with Crippen molar-refractivity contribution in [3.05, 3.63) is 12.7 Å². The summed E-state index contributed by atoms with van der Waals surface area (Å²) in [4.78, 5) is 0. The molecule has 0 radical (unpaired) electrons. The molecule has 0 spiro atoms. The first-order chi connectivity index (χ1) is 8.91. The van der Waals surface area contributed by atoms with E-state index < -0.39 is 0 Å². The van der Waals surface area contributed by atoms with E-state index in [4.69, 9.17) is 0 Å². The molecule has 0 rings (SSSR count). The number of hydrogen-bond acceptors (Lipinski definition) is 1. The molecule has 0 aromatic rings. The van der Waals surface area contributed by atoms with Gasteiger partial charge in [-0.1, -0.05) is 83.6 Å². The fraction of sp³-hybridized carbons (Fsp3) is 0.882. The van der Waals surface area contributed by atoms with Crippen molar-refractivity contribution in [2.24, 2.45) is 0 Å². The lowest BCUT2D eigenvalue weighted by molar-refractivity contribution is 0.539. The predicted octanol–water partition coefficient (Wildman–Crippen LogP) is 5.88. The zero-order chi connectivity index (χ0) is 13.3. The second-order valence-corrected chi connectivity index (χ2v) is 5.38. The van der Waals surface area contributed by atoms with E-state index in [1.165, 1.54) is 77.0 Å². The lowest BCUT2D eigenvalue weighted by Gasteiger charge is -2.03. The Balaban J connectivity index is 0. The summed E-state index contributed by atoms with van der Waals surface area (Å²) in [6, 6.07) is 0. The maximum Gasteiger partial charge on any atom is 0.0132 e. The molecule has 19 heavy (non-hydrogen) atoms. The van der Waals surface area contributed by atoms with Gasteiger partial charge in [0, 0.05) is 6.54 Å². The van der Waals surface area contributed by atoms with Gasteiger partial charge in [-0.2, -0.15) is 0 Å². The van der Waals surface area contributed by atoms with E-state index >= 15 is 0 Å². The quantitative estimate of drug-likeness (QED) is 0.293. The van der Waals surface area contributed by atoms with Gasteiger partial charge in [-0.05, 0) is 13.0 Å². The smallest absolute Gasteiger partial charge is 0.0132 e. The van der Waals surface area contributed by atoms with Gasteiger partial charge in [0.2, 0.25) is 0 Å². The van der Waals surface area contributed by atoms with Crippen LogP contribution in [0.1, 0.15) is 84.0 Å². The number of rotatable bonds is 15. The fourth-order valence-electron chi connectivity index (χ4n) is 2.30. The normalized spacial score (nSPS) is 10.2. The Morgan fingerprint density at radius 1 is 0.737 bits per heavy atom. The SMILES string of the molecule is C=CCNCCCCCCCCCCCCCC.Cl. The highest BCUT2D eigenvalue weighted by atomic mass is 35.5. The van der Waals surface area contributed by atoms with Gasteiger partial charge in [0.25, 0.3) is 0 Å². The highest BCUT2D eigenvalue weighted by Gasteiger charge is 1.93. The molecule has 2 heteroatoms. The monoisotopic (exact) mass is 289 g/mol. The minimum absolute atomic E-state index is 0. The molecule has 1 N–H and O–H groups in total. The first kappa shape index (κ1) is 21.3. The van der Waals surface area contributed by atoms with Gasteiger partial charge in [-0.3, -0.25) is 0 Å². The first-order valence-corrected chi connectivity index (χ1v) is 8.23. The minimum Gasteiger partial charge on any atom is -0.313 e. The van der Waals surface area contributed by atoms with Gasteiger partial charge in [0.05, 0.1) is 0 Å². The first-order valence-electron chi connectivity index (χ1n) is 8.23. The maximum atomic E-state index is 3.70. The molecule has 0 aliphatic carbocycles. The Labute approximate surface area is 128 Å². The van der Waals surface area contributed by atoms with Crippen LogP contribution in [-0.4, -0.2) is 13.1 Å². The molecular formula is C17H36ClN. The molecule has 0 amide bonds. The van der Waals surface area contributed by atoms with E-state index in [9.17, 15) is 0 Å². The lowest BCUT2D eigenvalue weighted by atomic mass is 10.1. The van der Waals surface area contributed by atoms with Gasteiger partial charge in [-0.15, -0.1) is 19.0 Å². The average molecular weight is 290 g/mol. The summed E-state index contributed by atoms with van der Waals surface area (Å²) in [5.41, 5.74) is 0. The predicted molar refractivity (Wildman–Crippen MR) is 91.4 cm³/mol. The molecule has 1 nitrogen and oxygen atoms in total. The number of unbranched alkanes of at least 4 members (excludes halogenated alkanes) is 11. The summed E-state index contributed by atoms with van der Waals surface area (Å²) < 4.78 is 0. The van der Waals surface area contributed by atoms with Crippen LogP contribution in [0.2, 0.25) is 0 Å². The van der Waals surface area contributed by atoms with Crippen molar-refractivity contribution in [2.75, 3.05) is 13.1 Å². The number of nitrogens with one attached hydrogen (secondary N) is 1. The Morgan fingerprint density at radius 3 is 1.58 bits per heavy atom. The van der Waals surface area contributed by atoms with Crippen LogP contribution >= 0.6 is 12.4 Å². The van der Waals surface area contributed by atoms with Crippen LogP contribution in [0.15, 0.2) is 12.7 Å². The van der Waals surface area contributed by atoms with Crippen molar-refractivity contribution in [3.63, 3.8) is 0 Å². The van der Waals surface area contributed by atoms with Gasteiger partial charge in [0.1, 0.15) is 0 Å². The second-order valence-electron chi connectivity index (χ2n) is 5.38. The highest BCUT2D eigenvalue weighted by Crippen LogP contribution is 2.11. The van der Waals surface area contributed by atoms with Crippen LogP contribution in [-0.2, 0) is 0 Å². The summed E-state index contributed by atoms with van der Waals surface area (Å²) in [5.74, 6) is 0. The third kappa shape index (κ3) is 20.5. The van der Waals surface area contributed by atoms with Crippen LogP contribution in [0.25, 0.3) is 0 Å². The van der Waals surface area contributed by atoms with E-state index in [0.29, 0.717) is 0 Å². The van der Waals surface area contributed by atoms with Crippen molar-refractivity contribution in [3.8, 4) is 0 Å². The highest BCUT2D eigenvalue weighted by molar-refractivity contribution is 5.85. The maximum absolute atomic E-state index is 3.70. The van der Waals surface area contributed by atoms with Gasteiger partial charge < -0.3 is 5.32 Å². The molecule has 0 bridgehead atoms. The molecule has 0 unspecified atom stereocenters. The largest absolute Gasteiger partial charge is 0.313 e. The Morgan fingerprint density at radius 2 is 1.16 bits per heavy atom. The van der Waals surface area contributed by atoms with Crippen molar-refractivity contribution < 1.29 is 0 Å². The standard InChI is InChI=1S/C17H35N.ClH/c1-3-5-6-7-8-9-10-11-12-13-14-15-17-18-16-4-2;/h4,18H,2-3,5-17H2,1H3;1H. The van der Waals surface area contributed by atoms with Crippen LogP contribution in [0.5, 0.6) is 0 Å². The van der Waals surface area contributed by atoms with Crippen molar-refractivity contribution >= 4 is 12.4 Å². The molecule has 0 saturated heterocycles. The van der Waals surface area contributed by atoms with Crippen molar-refractivity contribution in [1.82, 2.24) is 5.32 Å². The molecule has 0 aliphatic heterocycles. The van der Waals surface area contributed by atoms with E-state index in [1.807, 2.05) is 6.08 Å². The molecule has 0 fully saturated rings. The Kier molecular flexibility index (Phi) is 22.8. The van der Waals surface area contributed by atoms with Gasteiger partial charge >= 0.3 is 0 Å². The second kappa shape index (κ2) is 20.3. The van der Waals surface area contributed by atoms with E-state index in [1.54, 1.807) is 0 Å². The van der Waals surface area contributed by atoms with E-state index in [-0.39, 0.29) is 12.4 Å². The zero-order valence-electron chi connectivity index (χ0n) is 13.1. The summed E-state index contributed by atoms with van der Waals surface area (Å²) in [6.45, 7) is 8.09. The lowest BCUT2D eigenvalue weighted by Crippen LogP contribution is -2.14. The molecule has 0 heterocycles. The van der Waals surface area contributed by atoms with E-state index in [2.05, 4.69) is 18.8 Å². The Hall–Kier alpha value is -0.0100. The minimum atomic E-state index is 0. The number of halogens is 1. The number of hydrogen-bond donors (Lipinski definition) is 1. The van der Waals surface area contributed by atoms with Crippen LogP contribution in [0.3, 0.4) is 0 Å². The molecule has 0 saturated carbocycles. The molecule has 0 atom stereocenters. The third-order valence-electron chi connectivity index (χ3n) is 3.50. The summed E-state index contributed by atoms with van der Waals surface area (Å²) in [7, 11) is 0. The third-order valence-corrected chi connectivity index (χ3v) is 3.50. The van der Waals surface area contributed by atoms with Gasteiger partial charge in [-0.25, -0.2) is 0 Å². The van der Waals surface area contributed by atoms with Crippen LogP contribution in [0.4, 0.5) is 0 Å². The molecular weight excluding hydrogens is 254 g/mol. The topological polar surface area (TPSA) is 12.0 Å². The summed E-state index contributed by atoms with van der Waals surface area (Å²) in [5, 5.41) is 3.35. The summed E-state index contributed by atoms with van der Waals surface area (Å²) in [6.07, 6.45) is 19.1. The van der Waals surface area contributed by atoms with Crippen molar-refractivity contribution in [2.45, 2.75) is 84.0 Å². The van der Waals surface area contributed by atoms with Crippen molar-refractivity contribution in [1.29, 1.82) is 0 Å². The zero-order valence-corrected chi connectivity index (χ0v) is 13.9. The molecule has 0 aromatic heterocycles. The fourth-order valence-corrected chi connectivity index (χ4v) is 2.30. The Bertz CT molecular complexity index is 159. The molecule has 116 valence electrons. The van der Waals surface area contributed by atoms with Crippen LogP contribution < -0.4 is 5.32 Å². The summed E-state index contributed by atoms with van der Waals surface area (Å²) >= 11 is 0. The van der Waals surface area contributed by atoms with Gasteiger partial charge in [0.15, 0.2) is 0 Å². The molecule has 0 aliphatic rings. The average Bonchev–Trinajstić information content (AvgIpc) is 2.39. The van der Waals surface area contributed by atoms with E-state index in [0.717, 1.165) is 13.1 Å². The van der Waals surface area contributed by atoms with Crippen LogP contribution in [0, 0.1) is 0 Å².